The highest BCUT2D eigenvalue weighted by atomic mass is 16.6. The monoisotopic (exact) mass is 257 g/mol. The molecule has 0 saturated heterocycles. The fraction of sp³-hybridized carbons (Fsp3) is 0.154. The van der Waals surface area contributed by atoms with Gasteiger partial charge in [-0.3, -0.25) is 10.1 Å². The summed E-state index contributed by atoms with van der Waals surface area (Å²) in [4.78, 5) is 10.4. The van der Waals surface area contributed by atoms with Gasteiger partial charge in [-0.25, -0.2) is 0 Å². The first-order valence-electron chi connectivity index (χ1n) is 5.62. The van der Waals surface area contributed by atoms with E-state index in [1.54, 1.807) is 30.3 Å². The Kier molecular flexibility index (Phi) is 3.90. The molecule has 1 heterocycles. The maximum absolute atomic E-state index is 10.8. The van der Waals surface area contributed by atoms with Crippen molar-refractivity contribution in [3.05, 3.63) is 63.6 Å². The van der Waals surface area contributed by atoms with Gasteiger partial charge in [0.15, 0.2) is 0 Å². The van der Waals surface area contributed by atoms with Crippen molar-refractivity contribution < 1.29 is 9.34 Å². The van der Waals surface area contributed by atoms with Crippen molar-refractivity contribution in [2.75, 3.05) is 0 Å². The standard InChI is InChI=1S/C13H11N3O3/c14-7-11-5-6-12(19-11)9-15-8-10-3-1-2-4-13(10)16(17)18/h1-6,15H,8-9H2. The summed E-state index contributed by atoms with van der Waals surface area (Å²) in [6, 6.07) is 11.7. The summed E-state index contributed by atoms with van der Waals surface area (Å²) < 4.78 is 5.19. The van der Waals surface area contributed by atoms with Crippen molar-refractivity contribution in [2.45, 2.75) is 13.1 Å². The molecule has 0 aliphatic carbocycles. The van der Waals surface area contributed by atoms with Gasteiger partial charge in [-0.05, 0) is 12.1 Å². The zero-order chi connectivity index (χ0) is 13.7. The molecule has 19 heavy (non-hydrogen) atoms. The molecule has 1 aromatic carbocycles. The predicted octanol–water partition coefficient (Wildman–Crippen LogP) is 2.35. The van der Waals surface area contributed by atoms with E-state index in [2.05, 4.69) is 5.32 Å². The summed E-state index contributed by atoms with van der Waals surface area (Å²) in [7, 11) is 0. The minimum absolute atomic E-state index is 0.0900. The molecule has 2 rings (SSSR count). The van der Waals surface area contributed by atoms with E-state index in [0.29, 0.717) is 24.4 Å². The Morgan fingerprint density at radius 2 is 2.05 bits per heavy atom. The van der Waals surface area contributed by atoms with Crippen molar-refractivity contribution >= 4 is 5.69 Å². The highest BCUT2D eigenvalue weighted by Gasteiger charge is 2.11. The summed E-state index contributed by atoms with van der Waals surface area (Å²) >= 11 is 0. The van der Waals surface area contributed by atoms with Gasteiger partial charge in [-0.1, -0.05) is 18.2 Å². The van der Waals surface area contributed by atoms with Gasteiger partial charge in [0.1, 0.15) is 11.8 Å². The summed E-state index contributed by atoms with van der Waals surface area (Å²) in [5.74, 6) is 0.873. The number of rotatable bonds is 5. The van der Waals surface area contributed by atoms with Crippen molar-refractivity contribution in [2.24, 2.45) is 0 Å². The van der Waals surface area contributed by atoms with E-state index in [1.165, 1.54) is 6.07 Å². The highest BCUT2D eigenvalue weighted by Crippen LogP contribution is 2.17. The lowest BCUT2D eigenvalue weighted by molar-refractivity contribution is -0.385. The van der Waals surface area contributed by atoms with Crippen molar-refractivity contribution in [3.8, 4) is 6.07 Å². The molecule has 0 aliphatic rings. The van der Waals surface area contributed by atoms with Crippen LogP contribution in [-0.2, 0) is 13.1 Å². The topological polar surface area (TPSA) is 92.1 Å². The summed E-state index contributed by atoms with van der Waals surface area (Å²) in [5, 5.41) is 22.5. The van der Waals surface area contributed by atoms with Crippen molar-refractivity contribution in [1.29, 1.82) is 5.26 Å². The first-order valence-corrected chi connectivity index (χ1v) is 5.62. The van der Waals surface area contributed by atoms with Gasteiger partial charge in [0, 0.05) is 18.2 Å². The largest absolute Gasteiger partial charge is 0.449 e. The number of benzene rings is 1. The SMILES string of the molecule is N#Cc1ccc(CNCc2ccccc2[N+](=O)[O-])o1. The molecular weight excluding hydrogens is 246 g/mol. The van der Waals surface area contributed by atoms with Crippen molar-refractivity contribution in [3.63, 3.8) is 0 Å². The van der Waals surface area contributed by atoms with Crippen LogP contribution in [0.25, 0.3) is 0 Å². The molecule has 1 N–H and O–H groups in total. The van der Waals surface area contributed by atoms with E-state index in [0.717, 1.165) is 0 Å². The van der Waals surface area contributed by atoms with Gasteiger partial charge in [0.25, 0.3) is 5.69 Å². The highest BCUT2D eigenvalue weighted by molar-refractivity contribution is 5.39. The van der Waals surface area contributed by atoms with Crippen LogP contribution in [0.1, 0.15) is 17.1 Å². The number of nitrogens with zero attached hydrogens (tertiary/aromatic N) is 2. The van der Waals surface area contributed by atoms with E-state index in [1.807, 2.05) is 6.07 Å². The number of nitro benzene ring substituents is 1. The van der Waals surface area contributed by atoms with Crippen LogP contribution in [-0.4, -0.2) is 4.92 Å². The molecular formula is C13H11N3O3. The molecule has 6 heteroatoms. The van der Waals surface area contributed by atoms with Crippen LogP contribution >= 0.6 is 0 Å². The molecule has 96 valence electrons. The van der Waals surface area contributed by atoms with Crippen LogP contribution in [0, 0.1) is 21.4 Å². The molecule has 0 radical (unpaired) electrons. The van der Waals surface area contributed by atoms with Gasteiger partial charge in [0.2, 0.25) is 5.76 Å². The number of furan rings is 1. The maximum atomic E-state index is 10.8. The normalized spacial score (nSPS) is 10.1. The Balaban J connectivity index is 1.96. The quantitative estimate of drug-likeness (QED) is 0.655. The Labute approximate surface area is 109 Å². The summed E-state index contributed by atoms with van der Waals surface area (Å²) in [5.41, 5.74) is 0.701. The second-order valence-corrected chi connectivity index (χ2v) is 3.87. The third-order valence-corrected chi connectivity index (χ3v) is 2.57. The zero-order valence-electron chi connectivity index (χ0n) is 10.00. The molecule has 0 spiro atoms. The molecule has 1 aromatic heterocycles. The number of para-hydroxylation sites is 1. The fourth-order valence-corrected chi connectivity index (χ4v) is 1.69. The van der Waals surface area contributed by atoms with Crippen LogP contribution in [0.5, 0.6) is 0 Å². The predicted molar refractivity (Wildman–Crippen MR) is 67.1 cm³/mol. The third-order valence-electron chi connectivity index (χ3n) is 2.57. The average Bonchev–Trinajstić information content (AvgIpc) is 2.87. The molecule has 0 aliphatic heterocycles. The van der Waals surface area contributed by atoms with Gasteiger partial charge >= 0.3 is 0 Å². The third kappa shape index (κ3) is 3.18. The molecule has 6 nitrogen and oxygen atoms in total. The first kappa shape index (κ1) is 12.8. The zero-order valence-corrected chi connectivity index (χ0v) is 10.00. The Morgan fingerprint density at radius 1 is 1.26 bits per heavy atom. The molecule has 2 aromatic rings. The van der Waals surface area contributed by atoms with E-state index in [9.17, 15) is 10.1 Å². The molecule has 0 fully saturated rings. The van der Waals surface area contributed by atoms with Crippen LogP contribution in [0.3, 0.4) is 0 Å². The number of hydrogen-bond acceptors (Lipinski definition) is 5. The van der Waals surface area contributed by atoms with Crippen LogP contribution in [0.2, 0.25) is 0 Å². The fourth-order valence-electron chi connectivity index (χ4n) is 1.69. The van der Waals surface area contributed by atoms with Crippen LogP contribution < -0.4 is 5.32 Å². The number of nitro groups is 1. The van der Waals surface area contributed by atoms with Crippen LogP contribution in [0.15, 0.2) is 40.8 Å². The first-order chi connectivity index (χ1) is 9.20. The lowest BCUT2D eigenvalue weighted by atomic mass is 10.2. The number of hydrogen-bond donors (Lipinski definition) is 1. The van der Waals surface area contributed by atoms with E-state index >= 15 is 0 Å². The molecule has 0 atom stereocenters. The van der Waals surface area contributed by atoms with E-state index < -0.39 is 4.92 Å². The summed E-state index contributed by atoms with van der Waals surface area (Å²) in [6.07, 6.45) is 0. The van der Waals surface area contributed by atoms with Gasteiger partial charge < -0.3 is 9.73 Å². The Bertz CT molecular complexity index is 628. The number of nitrogens with one attached hydrogen (secondary N) is 1. The Hall–Kier alpha value is -2.65. The molecule has 0 amide bonds. The average molecular weight is 257 g/mol. The summed E-state index contributed by atoms with van der Waals surface area (Å²) in [6.45, 7) is 0.771. The molecule has 0 saturated carbocycles. The maximum Gasteiger partial charge on any atom is 0.273 e. The lowest BCUT2D eigenvalue weighted by Gasteiger charge is -2.03. The van der Waals surface area contributed by atoms with Gasteiger partial charge in [-0.15, -0.1) is 0 Å². The minimum atomic E-state index is -0.405. The van der Waals surface area contributed by atoms with E-state index in [4.69, 9.17) is 9.68 Å². The van der Waals surface area contributed by atoms with E-state index in [-0.39, 0.29) is 11.4 Å². The van der Waals surface area contributed by atoms with Gasteiger partial charge in [-0.2, -0.15) is 5.26 Å². The Morgan fingerprint density at radius 3 is 2.74 bits per heavy atom. The minimum Gasteiger partial charge on any atom is -0.449 e. The second-order valence-electron chi connectivity index (χ2n) is 3.87. The number of nitriles is 1. The smallest absolute Gasteiger partial charge is 0.273 e. The van der Waals surface area contributed by atoms with Crippen LogP contribution in [0.4, 0.5) is 5.69 Å². The van der Waals surface area contributed by atoms with Gasteiger partial charge in [0.05, 0.1) is 11.5 Å². The van der Waals surface area contributed by atoms with Crippen molar-refractivity contribution in [1.82, 2.24) is 5.32 Å². The lowest BCUT2D eigenvalue weighted by Crippen LogP contribution is -2.13. The second kappa shape index (κ2) is 5.80. The molecule has 0 unspecified atom stereocenters. The molecule has 0 bridgehead atoms.